The van der Waals surface area contributed by atoms with Crippen molar-refractivity contribution < 1.29 is 14.3 Å². The van der Waals surface area contributed by atoms with Crippen LogP contribution in [0.3, 0.4) is 0 Å². The van der Waals surface area contributed by atoms with Gasteiger partial charge in [-0.2, -0.15) is 5.10 Å². The van der Waals surface area contributed by atoms with Gasteiger partial charge in [0.05, 0.1) is 24.9 Å². The highest BCUT2D eigenvalue weighted by Gasteiger charge is 2.30. The third-order valence-electron chi connectivity index (χ3n) is 3.50. The number of halogens is 1. The molecule has 0 unspecified atom stereocenters. The van der Waals surface area contributed by atoms with Crippen molar-refractivity contribution in [2.24, 2.45) is 0 Å². The van der Waals surface area contributed by atoms with Gasteiger partial charge in [-0.3, -0.25) is 0 Å². The van der Waals surface area contributed by atoms with E-state index in [1.807, 2.05) is 20.8 Å². The minimum absolute atomic E-state index is 0.0406. The number of nitrogens with zero attached hydrogens (tertiary/aromatic N) is 3. The lowest BCUT2D eigenvalue weighted by Gasteiger charge is -2.36. The van der Waals surface area contributed by atoms with Crippen LogP contribution in [0.5, 0.6) is 0 Å². The lowest BCUT2D eigenvalue weighted by atomic mass is 10.0. The molecule has 0 aromatic carbocycles. The first-order valence-corrected chi connectivity index (χ1v) is 8.28. The number of amides is 1. The number of hydrogen-bond acceptors (Lipinski definition) is 5. The van der Waals surface area contributed by atoms with Crippen LogP contribution in [0.1, 0.15) is 45.7 Å². The molecule has 1 aliphatic rings. The largest absolute Gasteiger partial charge is 0.444 e. The van der Waals surface area contributed by atoms with Gasteiger partial charge in [-0.1, -0.05) is 11.6 Å². The summed E-state index contributed by atoms with van der Waals surface area (Å²) in [6.07, 6.45) is 2.75. The lowest BCUT2D eigenvalue weighted by Crippen LogP contribution is -2.48. The van der Waals surface area contributed by atoms with Crippen molar-refractivity contribution in [3.63, 3.8) is 0 Å². The summed E-state index contributed by atoms with van der Waals surface area (Å²) in [6, 6.07) is 3.50. The molecule has 0 radical (unpaired) electrons. The Morgan fingerprint density at radius 2 is 2.13 bits per heavy atom. The molecule has 0 saturated carbocycles. The Balaban J connectivity index is 1.86. The van der Waals surface area contributed by atoms with E-state index in [-0.39, 0.29) is 12.1 Å². The van der Waals surface area contributed by atoms with Crippen molar-refractivity contribution in [3.05, 3.63) is 23.0 Å². The predicted molar refractivity (Wildman–Crippen MR) is 87.3 cm³/mol. The minimum atomic E-state index is -0.487. The topological polar surface area (TPSA) is 64.5 Å². The monoisotopic (exact) mass is 341 g/mol. The van der Waals surface area contributed by atoms with Crippen molar-refractivity contribution >= 4 is 17.7 Å². The molecule has 1 fully saturated rings. The second kappa shape index (κ2) is 7.93. The van der Waals surface area contributed by atoms with E-state index in [1.165, 1.54) is 0 Å². The van der Waals surface area contributed by atoms with Crippen molar-refractivity contribution in [1.29, 1.82) is 0 Å². The molecular formula is C16H24ClN3O3. The zero-order valence-corrected chi connectivity index (χ0v) is 14.7. The van der Waals surface area contributed by atoms with Crippen molar-refractivity contribution in [2.45, 2.75) is 58.3 Å². The van der Waals surface area contributed by atoms with Gasteiger partial charge in [-0.05, 0) is 52.2 Å². The van der Waals surface area contributed by atoms with E-state index in [9.17, 15) is 4.79 Å². The normalized spacial score (nSPS) is 18.8. The van der Waals surface area contributed by atoms with Crippen molar-refractivity contribution in [2.75, 3.05) is 13.2 Å². The molecule has 1 aromatic heterocycles. The standard InChI is InChI=1S/C16H24ClN3O3/c1-16(2,3)23-15(21)20-9-5-4-6-13(20)11-22-10-12-7-8-14(17)19-18-12/h7-8,13H,4-6,9-11H2,1-3H3/t13-/m0/s1. The van der Waals surface area contributed by atoms with Gasteiger partial charge in [-0.15, -0.1) is 5.10 Å². The molecule has 1 atom stereocenters. The lowest BCUT2D eigenvalue weighted by molar-refractivity contribution is -0.0103. The van der Waals surface area contributed by atoms with Crippen LogP contribution < -0.4 is 0 Å². The van der Waals surface area contributed by atoms with E-state index in [0.29, 0.717) is 30.6 Å². The molecule has 6 nitrogen and oxygen atoms in total. The fraction of sp³-hybridized carbons (Fsp3) is 0.688. The Morgan fingerprint density at radius 3 is 2.78 bits per heavy atom. The van der Waals surface area contributed by atoms with Gasteiger partial charge in [-0.25, -0.2) is 4.79 Å². The van der Waals surface area contributed by atoms with Crippen LogP contribution >= 0.6 is 11.6 Å². The predicted octanol–water partition coefficient (Wildman–Crippen LogP) is 3.44. The first-order valence-electron chi connectivity index (χ1n) is 7.90. The molecule has 1 aromatic rings. The highest BCUT2D eigenvalue weighted by Crippen LogP contribution is 2.21. The maximum Gasteiger partial charge on any atom is 0.410 e. The molecule has 1 saturated heterocycles. The number of ether oxygens (including phenoxy) is 2. The van der Waals surface area contributed by atoms with E-state index in [0.717, 1.165) is 19.3 Å². The van der Waals surface area contributed by atoms with Gasteiger partial charge < -0.3 is 14.4 Å². The number of hydrogen-bond donors (Lipinski definition) is 0. The van der Waals surface area contributed by atoms with Gasteiger partial charge >= 0.3 is 6.09 Å². The van der Waals surface area contributed by atoms with Crippen molar-refractivity contribution in [3.8, 4) is 0 Å². The summed E-state index contributed by atoms with van der Waals surface area (Å²) in [5.74, 6) is 0. The molecule has 128 valence electrons. The molecule has 2 heterocycles. The third-order valence-corrected chi connectivity index (χ3v) is 3.70. The summed E-state index contributed by atoms with van der Waals surface area (Å²) in [5.41, 5.74) is 0.229. The summed E-state index contributed by atoms with van der Waals surface area (Å²) in [4.78, 5) is 14.1. The Hall–Kier alpha value is -1.40. The Labute approximate surface area is 142 Å². The molecule has 0 aliphatic carbocycles. The first kappa shape index (κ1) is 17.9. The van der Waals surface area contributed by atoms with E-state index >= 15 is 0 Å². The van der Waals surface area contributed by atoms with Crippen LogP contribution in [0.4, 0.5) is 4.79 Å². The highest BCUT2D eigenvalue weighted by atomic mass is 35.5. The second-order valence-electron chi connectivity index (χ2n) is 6.69. The molecule has 0 N–H and O–H groups in total. The zero-order chi connectivity index (χ0) is 16.9. The van der Waals surface area contributed by atoms with Crippen LogP contribution in [0.2, 0.25) is 5.15 Å². The Bertz CT molecular complexity index is 516. The average Bonchev–Trinajstić information content (AvgIpc) is 2.48. The maximum atomic E-state index is 12.3. The first-order chi connectivity index (χ1) is 10.8. The van der Waals surface area contributed by atoms with E-state index < -0.39 is 5.60 Å². The molecule has 7 heteroatoms. The van der Waals surface area contributed by atoms with E-state index in [2.05, 4.69) is 10.2 Å². The summed E-state index contributed by atoms with van der Waals surface area (Å²) < 4.78 is 11.2. The summed E-state index contributed by atoms with van der Waals surface area (Å²) >= 11 is 5.70. The third kappa shape index (κ3) is 5.95. The summed E-state index contributed by atoms with van der Waals surface area (Å²) in [7, 11) is 0. The summed E-state index contributed by atoms with van der Waals surface area (Å²) in [6.45, 7) is 7.15. The zero-order valence-electron chi connectivity index (χ0n) is 13.9. The number of rotatable bonds is 4. The SMILES string of the molecule is CC(C)(C)OC(=O)N1CCCC[C@H]1COCc1ccc(Cl)nn1. The molecular weight excluding hydrogens is 318 g/mol. The fourth-order valence-corrected chi connectivity index (χ4v) is 2.56. The van der Waals surface area contributed by atoms with Gasteiger partial charge in [0.15, 0.2) is 5.15 Å². The molecule has 0 spiro atoms. The summed E-state index contributed by atoms with van der Waals surface area (Å²) in [5, 5.41) is 8.09. The Kier molecular flexibility index (Phi) is 6.18. The van der Waals surface area contributed by atoms with Crippen molar-refractivity contribution in [1.82, 2.24) is 15.1 Å². The fourth-order valence-electron chi connectivity index (χ4n) is 2.45. The van der Waals surface area contributed by atoms with Gasteiger partial charge in [0, 0.05) is 6.54 Å². The van der Waals surface area contributed by atoms with Gasteiger partial charge in [0.1, 0.15) is 5.60 Å². The number of piperidine rings is 1. The highest BCUT2D eigenvalue weighted by molar-refractivity contribution is 6.29. The number of likely N-dealkylation sites (tertiary alicyclic amines) is 1. The quantitative estimate of drug-likeness (QED) is 0.839. The number of aromatic nitrogens is 2. The Morgan fingerprint density at radius 1 is 1.35 bits per heavy atom. The smallest absolute Gasteiger partial charge is 0.410 e. The van der Waals surface area contributed by atoms with Gasteiger partial charge in [0.2, 0.25) is 0 Å². The van der Waals surface area contributed by atoms with Crippen LogP contribution in [0.15, 0.2) is 12.1 Å². The number of carbonyl (C=O) groups excluding carboxylic acids is 1. The molecule has 1 aliphatic heterocycles. The second-order valence-corrected chi connectivity index (χ2v) is 7.07. The maximum absolute atomic E-state index is 12.3. The van der Waals surface area contributed by atoms with Crippen LogP contribution in [0.25, 0.3) is 0 Å². The average molecular weight is 342 g/mol. The van der Waals surface area contributed by atoms with Crippen LogP contribution in [0, 0.1) is 0 Å². The van der Waals surface area contributed by atoms with E-state index in [4.69, 9.17) is 21.1 Å². The molecule has 1 amide bonds. The number of carbonyl (C=O) groups is 1. The minimum Gasteiger partial charge on any atom is -0.444 e. The van der Waals surface area contributed by atoms with Crippen LogP contribution in [-0.2, 0) is 16.1 Å². The van der Waals surface area contributed by atoms with Crippen LogP contribution in [-0.4, -0.2) is 46.0 Å². The molecule has 0 bridgehead atoms. The molecule has 23 heavy (non-hydrogen) atoms. The van der Waals surface area contributed by atoms with Gasteiger partial charge in [0.25, 0.3) is 0 Å². The molecule has 2 rings (SSSR count). The van der Waals surface area contributed by atoms with E-state index in [1.54, 1.807) is 17.0 Å².